The van der Waals surface area contributed by atoms with E-state index in [1.54, 1.807) is 0 Å². The van der Waals surface area contributed by atoms with Gasteiger partial charge in [-0.05, 0) is 17.0 Å². The zero-order chi connectivity index (χ0) is 7.19. The van der Waals surface area contributed by atoms with Gasteiger partial charge in [-0.3, -0.25) is 0 Å². The van der Waals surface area contributed by atoms with Gasteiger partial charge < -0.3 is 0 Å². The molecule has 2 rings (SSSR count). The summed E-state index contributed by atoms with van der Waals surface area (Å²) in [5.41, 5.74) is 1.71. The fourth-order valence-corrected chi connectivity index (χ4v) is 2.34. The quantitative estimate of drug-likeness (QED) is 0.533. The first-order valence-corrected chi connectivity index (χ1v) is 4.35. The summed E-state index contributed by atoms with van der Waals surface area (Å²) in [5.74, 6) is 0. The summed E-state index contributed by atoms with van der Waals surface area (Å²) >= 11 is 1.86. The van der Waals surface area contributed by atoms with Crippen molar-refractivity contribution in [2.45, 2.75) is 19.3 Å². The summed E-state index contributed by atoms with van der Waals surface area (Å²) in [6.45, 7) is 4.51. The predicted octanol–water partition coefficient (Wildman–Crippen LogP) is 3.05. The van der Waals surface area contributed by atoms with Gasteiger partial charge in [-0.2, -0.15) is 0 Å². The average Bonchev–Trinajstić information content (AvgIpc) is 2.36. The van der Waals surface area contributed by atoms with Crippen LogP contribution in [-0.4, -0.2) is 0 Å². The van der Waals surface area contributed by atoms with Gasteiger partial charge in [0.1, 0.15) is 0 Å². The molecule has 1 heterocycles. The van der Waals surface area contributed by atoms with Crippen molar-refractivity contribution in [1.82, 2.24) is 0 Å². The molecule has 0 bridgehead atoms. The summed E-state index contributed by atoms with van der Waals surface area (Å²) in [6, 6.07) is 2.19. The molecule has 1 aliphatic carbocycles. The fraction of sp³-hybridized carbons (Fsp3) is 0.333. The second-order valence-corrected chi connectivity index (χ2v) is 4.18. The van der Waals surface area contributed by atoms with Crippen LogP contribution in [0.4, 0.5) is 0 Å². The van der Waals surface area contributed by atoms with Crippen LogP contribution in [0.3, 0.4) is 0 Å². The number of hydrogen-bond acceptors (Lipinski definition) is 1. The zero-order valence-electron chi connectivity index (χ0n) is 6.22. The second kappa shape index (κ2) is 1.73. The van der Waals surface area contributed by atoms with E-state index in [-0.39, 0.29) is 0 Å². The van der Waals surface area contributed by atoms with Crippen molar-refractivity contribution in [2.24, 2.45) is 0 Å². The topological polar surface area (TPSA) is 0 Å². The highest BCUT2D eigenvalue weighted by Gasteiger charge is 2.25. The van der Waals surface area contributed by atoms with E-state index in [0.29, 0.717) is 5.41 Å². The fourth-order valence-electron chi connectivity index (χ4n) is 1.35. The Labute approximate surface area is 65.2 Å². The SMILES string of the molecule is CC1(C)C=Cc2ccsc21. The molecular formula is C9H10S. The first kappa shape index (κ1) is 6.17. The third-order valence-corrected chi connectivity index (χ3v) is 3.23. The highest BCUT2D eigenvalue weighted by atomic mass is 32.1. The van der Waals surface area contributed by atoms with Crippen molar-refractivity contribution >= 4 is 17.4 Å². The van der Waals surface area contributed by atoms with Gasteiger partial charge in [0.15, 0.2) is 0 Å². The maximum atomic E-state index is 2.27. The summed E-state index contributed by atoms with van der Waals surface area (Å²) in [5, 5.41) is 2.16. The number of allylic oxidation sites excluding steroid dienone is 1. The summed E-state index contributed by atoms with van der Waals surface area (Å²) in [7, 11) is 0. The van der Waals surface area contributed by atoms with Crippen LogP contribution in [0.1, 0.15) is 24.3 Å². The van der Waals surface area contributed by atoms with Gasteiger partial charge in [0.2, 0.25) is 0 Å². The van der Waals surface area contributed by atoms with Gasteiger partial charge >= 0.3 is 0 Å². The van der Waals surface area contributed by atoms with Crippen LogP contribution in [0.15, 0.2) is 17.5 Å². The van der Waals surface area contributed by atoms with Crippen molar-refractivity contribution in [1.29, 1.82) is 0 Å². The van der Waals surface area contributed by atoms with Crippen molar-refractivity contribution in [3.8, 4) is 0 Å². The Kier molecular flexibility index (Phi) is 1.07. The Morgan fingerprint density at radius 1 is 1.40 bits per heavy atom. The number of hydrogen-bond donors (Lipinski definition) is 0. The minimum absolute atomic E-state index is 0.295. The average molecular weight is 150 g/mol. The molecule has 52 valence electrons. The maximum Gasteiger partial charge on any atom is 0.0212 e. The molecule has 1 aromatic rings. The molecule has 1 heteroatoms. The number of fused-ring (bicyclic) bond motifs is 1. The lowest BCUT2D eigenvalue weighted by atomic mass is 9.95. The third-order valence-electron chi connectivity index (χ3n) is 1.96. The van der Waals surface area contributed by atoms with E-state index in [2.05, 4.69) is 37.4 Å². The molecule has 0 atom stereocenters. The Morgan fingerprint density at radius 2 is 2.20 bits per heavy atom. The minimum Gasteiger partial charge on any atom is -0.147 e. The smallest absolute Gasteiger partial charge is 0.0212 e. The molecular weight excluding hydrogens is 140 g/mol. The van der Waals surface area contributed by atoms with Crippen molar-refractivity contribution < 1.29 is 0 Å². The van der Waals surface area contributed by atoms with Crippen LogP contribution in [-0.2, 0) is 5.41 Å². The number of thiophene rings is 1. The Morgan fingerprint density at radius 3 is 2.90 bits per heavy atom. The van der Waals surface area contributed by atoms with Gasteiger partial charge in [-0.25, -0.2) is 0 Å². The van der Waals surface area contributed by atoms with Gasteiger partial charge in [-0.15, -0.1) is 11.3 Å². The van der Waals surface area contributed by atoms with E-state index in [1.807, 2.05) is 11.3 Å². The molecule has 0 unspecified atom stereocenters. The van der Waals surface area contributed by atoms with Gasteiger partial charge in [0, 0.05) is 10.3 Å². The molecule has 0 aromatic carbocycles. The standard InChI is InChI=1S/C9H10S/c1-9(2)5-3-7-4-6-10-8(7)9/h3-6H,1-2H3. The zero-order valence-corrected chi connectivity index (χ0v) is 7.03. The van der Waals surface area contributed by atoms with Crippen LogP contribution in [0.5, 0.6) is 0 Å². The monoisotopic (exact) mass is 150 g/mol. The molecule has 0 aliphatic heterocycles. The Balaban J connectivity index is 2.64. The molecule has 1 aliphatic rings. The largest absolute Gasteiger partial charge is 0.147 e. The van der Waals surface area contributed by atoms with Crippen LogP contribution in [0, 0.1) is 0 Å². The highest BCUT2D eigenvalue weighted by Crippen LogP contribution is 2.38. The van der Waals surface area contributed by atoms with E-state index in [0.717, 1.165) is 0 Å². The van der Waals surface area contributed by atoms with Gasteiger partial charge in [0.05, 0.1) is 0 Å². The maximum absolute atomic E-state index is 2.27. The molecule has 1 aromatic heterocycles. The molecule has 0 saturated heterocycles. The van der Waals surface area contributed by atoms with E-state index in [4.69, 9.17) is 0 Å². The van der Waals surface area contributed by atoms with E-state index < -0.39 is 0 Å². The van der Waals surface area contributed by atoms with Gasteiger partial charge in [-0.1, -0.05) is 26.0 Å². The highest BCUT2D eigenvalue weighted by molar-refractivity contribution is 7.10. The van der Waals surface area contributed by atoms with Crippen LogP contribution < -0.4 is 0 Å². The molecule has 0 radical (unpaired) electrons. The molecule has 0 amide bonds. The molecule has 0 spiro atoms. The molecule has 0 fully saturated rings. The summed E-state index contributed by atoms with van der Waals surface area (Å²) in [4.78, 5) is 1.51. The molecule has 0 saturated carbocycles. The lowest BCUT2D eigenvalue weighted by molar-refractivity contribution is 0.699. The predicted molar refractivity (Wildman–Crippen MR) is 46.4 cm³/mol. The first-order valence-electron chi connectivity index (χ1n) is 3.47. The summed E-state index contributed by atoms with van der Waals surface area (Å²) in [6.07, 6.45) is 4.49. The molecule has 0 nitrogen and oxygen atoms in total. The summed E-state index contributed by atoms with van der Waals surface area (Å²) < 4.78 is 0. The minimum atomic E-state index is 0.295. The molecule has 0 N–H and O–H groups in total. The van der Waals surface area contributed by atoms with Crippen molar-refractivity contribution in [2.75, 3.05) is 0 Å². The third kappa shape index (κ3) is 0.671. The Hall–Kier alpha value is -0.560. The Bertz CT molecular complexity index is 279. The van der Waals surface area contributed by atoms with Crippen LogP contribution in [0.2, 0.25) is 0 Å². The normalized spacial score (nSPS) is 19.4. The van der Waals surface area contributed by atoms with Crippen molar-refractivity contribution in [3.63, 3.8) is 0 Å². The lowest BCUT2D eigenvalue weighted by Crippen LogP contribution is -2.07. The first-order chi connectivity index (χ1) is 4.70. The second-order valence-electron chi connectivity index (χ2n) is 3.26. The van der Waals surface area contributed by atoms with E-state index >= 15 is 0 Å². The van der Waals surface area contributed by atoms with Crippen LogP contribution in [0.25, 0.3) is 6.08 Å². The van der Waals surface area contributed by atoms with E-state index in [1.165, 1.54) is 10.4 Å². The lowest BCUT2D eigenvalue weighted by Gasteiger charge is -2.13. The number of rotatable bonds is 0. The van der Waals surface area contributed by atoms with Crippen LogP contribution >= 0.6 is 11.3 Å². The van der Waals surface area contributed by atoms with Gasteiger partial charge in [0.25, 0.3) is 0 Å². The molecule has 10 heavy (non-hydrogen) atoms. The van der Waals surface area contributed by atoms with E-state index in [9.17, 15) is 0 Å². The van der Waals surface area contributed by atoms with Crippen molar-refractivity contribution in [3.05, 3.63) is 28.0 Å².